The molecule has 0 amide bonds. The highest BCUT2D eigenvalue weighted by Gasteiger charge is 2.08. The summed E-state index contributed by atoms with van der Waals surface area (Å²) in [4.78, 5) is 14.2. The van der Waals surface area contributed by atoms with Gasteiger partial charge in [0.1, 0.15) is 6.54 Å². The van der Waals surface area contributed by atoms with Gasteiger partial charge in [0.15, 0.2) is 0 Å². The summed E-state index contributed by atoms with van der Waals surface area (Å²) in [5, 5.41) is 15.2. The lowest BCUT2D eigenvalue weighted by Crippen LogP contribution is -2.13. The highest BCUT2D eigenvalue weighted by atomic mass is 16.5. The maximum Gasteiger partial charge on any atom is 0.325 e. The summed E-state index contributed by atoms with van der Waals surface area (Å²) in [6.07, 6.45) is 0. The van der Waals surface area contributed by atoms with Crippen molar-refractivity contribution in [2.45, 2.75) is 6.54 Å². The third-order valence-electron chi connectivity index (χ3n) is 1.57. The van der Waals surface area contributed by atoms with E-state index < -0.39 is 5.97 Å². The van der Waals surface area contributed by atoms with Gasteiger partial charge in [-0.25, -0.2) is 4.68 Å². The highest BCUT2D eigenvalue weighted by Crippen LogP contribution is 2.04. The molecule has 4 N–H and O–H groups in total. The van der Waals surface area contributed by atoms with E-state index in [0.29, 0.717) is 19.1 Å². The van der Waals surface area contributed by atoms with Crippen molar-refractivity contribution in [2.24, 2.45) is 0 Å². The first-order valence-corrected chi connectivity index (χ1v) is 4.28. The number of rotatable bonds is 6. The van der Waals surface area contributed by atoms with E-state index in [2.05, 4.69) is 15.4 Å². The molecule has 1 heterocycles. The molecule has 0 aromatic carbocycles. The molecule has 0 aliphatic rings. The summed E-state index contributed by atoms with van der Waals surface area (Å²) >= 11 is 0. The van der Waals surface area contributed by atoms with Gasteiger partial charge in [0.05, 0.1) is 6.61 Å². The van der Waals surface area contributed by atoms with Crippen LogP contribution in [0.2, 0.25) is 0 Å². The number of aliphatic carboxylic acids is 1. The van der Waals surface area contributed by atoms with Gasteiger partial charge in [0, 0.05) is 13.7 Å². The molecule has 0 spiro atoms. The lowest BCUT2D eigenvalue weighted by molar-refractivity contribution is -0.137. The van der Waals surface area contributed by atoms with E-state index in [-0.39, 0.29) is 12.5 Å². The van der Waals surface area contributed by atoms with Gasteiger partial charge in [-0.1, -0.05) is 0 Å². The van der Waals surface area contributed by atoms with E-state index in [1.54, 1.807) is 7.11 Å². The van der Waals surface area contributed by atoms with E-state index in [4.69, 9.17) is 15.6 Å². The van der Waals surface area contributed by atoms with E-state index in [9.17, 15) is 4.79 Å². The topological polar surface area (TPSA) is 115 Å². The number of nitrogen functional groups attached to an aromatic ring is 1. The molecule has 15 heavy (non-hydrogen) atoms. The fourth-order valence-corrected chi connectivity index (χ4v) is 0.938. The van der Waals surface area contributed by atoms with Crippen molar-refractivity contribution >= 4 is 17.9 Å². The fraction of sp³-hybridized carbons (Fsp3) is 0.571. The molecule has 0 saturated carbocycles. The Bertz CT molecular complexity index is 337. The van der Waals surface area contributed by atoms with Crippen molar-refractivity contribution < 1.29 is 14.6 Å². The molecule has 0 aliphatic carbocycles. The number of ether oxygens (including phenoxy) is 1. The number of hydrogen-bond donors (Lipinski definition) is 3. The van der Waals surface area contributed by atoms with Crippen LogP contribution in [0, 0.1) is 0 Å². The predicted octanol–water partition coefficient (Wildman–Crippen LogP) is -0.997. The van der Waals surface area contributed by atoms with Crippen LogP contribution >= 0.6 is 0 Å². The zero-order chi connectivity index (χ0) is 11.3. The van der Waals surface area contributed by atoms with Gasteiger partial charge in [0.2, 0.25) is 11.9 Å². The van der Waals surface area contributed by atoms with Crippen LogP contribution in [0.15, 0.2) is 0 Å². The molecule has 1 rings (SSSR count). The van der Waals surface area contributed by atoms with Crippen LogP contribution < -0.4 is 11.1 Å². The fourth-order valence-electron chi connectivity index (χ4n) is 0.938. The second-order valence-electron chi connectivity index (χ2n) is 2.76. The zero-order valence-corrected chi connectivity index (χ0v) is 8.30. The minimum Gasteiger partial charge on any atom is -0.480 e. The van der Waals surface area contributed by atoms with Gasteiger partial charge >= 0.3 is 5.97 Å². The van der Waals surface area contributed by atoms with Gasteiger partial charge in [-0.05, 0) is 0 Å². The molecule has 0 saturated heterocycles. The quantitative estimate of drug-likeness (QED) is 0.521. The van der Waals surface area contributed by atoms with Crippen LogP contribution in [0.4, 0.5) is 11.9 Å². The summed E-state index contributed by atoms with van der Waals surface area (Å²) in [5.74, 6) is -0.654. The molecule has 84 valence electrons. The normalized spacial score (nSPS) is 10.2. The maximum atomic E-state index is 10.4. The molecule has 8 heteroatoms. The van der Waals surface area contributed by atoms with Crippen LogP contribution in [0.5, 0.6) is 0 Å². The number of nitrogens with one attached hydrogen (secondary N) is 1. The van der Waals surface area contributed by atoms with E-state index in [1.807, 2.05) is 0 Å². The average Bonchev–Trinajstić information content (AvgIpc) is 2.47. The minimum absolute atomic E-state index is 0.0670. The molecule has 0 aliphatic heterocycles. The number of anilines is 2. The second-order valence-corrected chi connectivity index (χ2v) is 2.76. The van der Waals surface area contributed by atoms with Gasteiger partial charge in [-0.15, -0.1) is 5.10 Å². The summed E-state index contributed by atoms with van der Waals surface area (Å²) in [5.41, 5.74) is 5.45. The van der Waals surface area contributed by atoms with Crippen LogP contribution in [-0.2, 0) is 16.1 Å². The summed E-state index contributed by atoms with van der Waals surface area (Å²) in [7, 11) is 1.58. The Kier molecular flexibility index (Phi) is 3.86. The Morgan fingerprint density at radius 3 is 3.07 bits per heavy atom. The smallest absolute Gasteiger partial charge is 0.325 e. The van der Waals surface area contributed by atoms with Crippen LogP contribution in [-0.4, -0.2) is 46.1 Å². The number of hydrogen-bond acceptors (Lipinski definition) is 6. The first kappa shape index (κ1) is 11.2. The first-order valence-electron chi connectivity index (χ1n) is 4.28. The first-order chi connectivity index (χ1) is 7.13. The summed E-state index contributed by atoms with van der Waals surface area (Å²) in [6.45, 7) is 0.741. The number of carbonyl (C=O) groups is 1. The van der Waals surface area contributed by atoms with Crippen molar-refractivity contribution in [3.63, 3.8) is 0 Å². The van der Waals surface area contributed by atoms with E-state index in [0.717, 1.165) is 4.68 Å². The van der Waals surface area contributed by atoms with Crippen molar-refractivity contribution in [2.75, 3.05) is 31.3 Å². The maximum absolute atomic E-state index is 10.4. The Hall–Kier alpha value is -1.83. The molecule has 1 aromatic heterocycles. The predicted molar refractivity (Wildman–Crippen MR) is 52.4 cm³/mol. The molecule has 1 aromatic rings. The molecule has 0 bridgehead atoms. The molecular weight excluding hydrogens is 202 g/mol. The zero-order valence-electron chi connectivity index (χ0n) is 8.30. The van der Waals surface area contributed by atoms with Crippen molar-refractivity contribution in [3.05, 3.63) is 0 Å². The Balaban J connectivity index is 2.56. The van der Waals surface area contributed by atoms with Crippen LogP contribution in [0.25, 0.3) is 0 Å². The molecule has 0 fully saturated rings. The molecule has 0 radical (unpaired) electrons. The van der Waals surface area contributed by atoms with Crippen molar-refractivity contribution in [1.82, 2.24) is 14.8 Å². The van der Waals surface area contributed by atoms with E-state index >= 15 is 0 Å². The average molecular weight is 215 g/mol. The van der Waals surface area contributed by atoms with Gasteiger partial charge in [-0.3, -0.25) is 4.79 Å². The number of aromatic nitrogens is 3. The SMILES string of the molecule is COCCNc1nc(N)n(CC(=O)O)n1. The van der Waals surface area contributed by atoms with Gasteiger partial charge in [0.25, 0.3) is 0 Å². The van der Waals surface area contributed by atoms with Crippen molar-refractivity contribution in [1.29, 1.82) is 0 Å². The van der Waals surface area contributed by atoms with Crippen LogP contribution in [0.3, 0.4) is 0 Å². The number of methoxy groups -OCH3 is 1. The third-order valence-corrected chi connectivity index (χ3v) is 1.57. The Labute approximate surface area is 86.0 Å². The summed E-state index contributed by atoms with van der Waals surface area (Å²) in [6, 6.07) is 0. The Morgan fingerprint density at radius 2 is 2.47 bits per heavy atom. The second kappa shape index (κ2) is 5.15. The highest BCUT2D eigenvalue weighted by molar-refractivity contribution is 5.66. The number of nitrogens with two attached hydrogens (primary N) is 1. The number of nitrogens with zero attached hydrogens (tertiary/aromatic N) is 3. The standard InChI is InChI=1S/C7H13N5O3/c1-15-3-2-9-7-10-6(8)12(11-7)4-5(13)14/h2-4H2,1H3,(H,13,14)(H3,8,9,10,11). The number of carboxylic acid groups (broad SMARTS) is 1. The monoisotopic (exact) mass is 215 g/mol. The van der Waals surface area contributed by atoms with Gasteiger partial charge < -0.3 is 20.9 Å². The lowest BCUT2D eigenvalue weighted by atomic mass is 10.7. The third kappa shape index (κ3) is 3.43. The van der Waals surface area contributed by atoms with E-state index in [1.165, 1.54) is 0 Å². The molecule has 0 atom stereocenters. The van der Waals surface area contributed by atoms with Crippen molar-refractivity contribution in [3.8, 4) is 0 Å². The Morgan fingerprint density at radius 1 is 1.73 bits per heavy atom. The summed E-state index contributed by atoms with van der Waals surface area (Å²) < 4.78 is 5.92. The van der Waals surface area contributed by atoms with Gasteiger partial charge in [-0.2, -0.15) is 4.98 Å². The number of carboxylic acids is 1. The largest absolute Gasteiger partial charge is 0.480 e. The minimum atomic E-state index is -1.02. The molecular formula is C7H13N5O3. The van der Waals surface area contributed by atoms with Crippen LogP contribution in [0.1, 0.15) is 0 Å². The molecule has 0 unspecified atom stereocenters. The lowest BCUT2D eigenvalue weighted by Gasteiger charge is -1.98. The molecule has 8 nitrogen and oxygen atoms in total.